The fourth-order valence-corrected chi connectivity index (χ4v) is 5.81. The first-order valence-electron chi connectivity index (χ1n) is 11.2. The maximum atomic E-state index is 13.8. The standard InChI is InChI=1S/C23H29ClN4O5S/c1-5-10-33-22(30)17-12-25-20-19(17)16-11-15(8-9-18(16)26-21(20)29)34(31,32)28(14-6-7-14)13-23(2,3)27(4)24/h8-9,11-12,14,25H,5-7,10,13H2,1-4H3,(H,26,29). The Morgan fingerprint density at radius 3 is 2.62 bits per heavy atom. The quantitative estimate of drug-likeness (QED) is 0.337. The van der Waals surface area contributed by atoms with E-state index in [1.54, 1.807) is 13.1 Å². The van der Waals surface area contributed by atoms with Gasteiger partial charge in [-0.2, -0.15) is 4.31 Å². The van der Waals surface area contributed by atoms with Crippen LogP contribution in [0.3, 0.4) is 0 Å². The summed E-state index contributed by atoms with van der Waals surface area (Å²) in [5.74, 6) is -0.570. The number of fused-ring (bicyclic) bond motifs is 3. The molecule has 9 nitrogen and oxygen atoms in total. The van der Waals surface area contributed by atoms with Crippen molar-refractivity contribution >= 4 is 49.6 Å². The first kappa shape index (κ1) is 24.7. The number of carbonyl (C=O) groups excluding carboxylic acids is 1. The van der Waals surface area contributed by atoms with Crippen molar-refractivity contribution in [1.29, 1.82) is 0 Å². The Kier molecular flexibility index (Phi) is 6.54. The lowest BCUT2D eigenvalue weighted by molar-refractivity contribution is 0.0507. The molecule has 0 spiro atoms. The largest absolute Gasteiger partial charge is 0.462 e. The molecule has 0 amide bonds. The topological polar surface area (TPSA) is 116 Å². The molecule has 11 heteroatoms. The maximum absolute atomic E-state index is 13.8. The molecule has 3 aromatic rings. The Labute approximate surface area is 203 Å². The van der Waals surface area contributed by atoms with Crippen LogP contribution in [0.4, 0.5) is 0 Å². The summed E-state index contributed by atoms with van der Waals surface area (Å²) in [6.45, 7) is 6.11. The summed E-state index contributed by atoms with van der Waals surface area (Å²) in [4.78, 5) is 30.9. The van der Waals surface area contributed by atoms with Crippen molar-refractivity contribution in [3.05, 3.63) is 40.3 Å². The van der Waals surface area contributed by atoms with Crippen LogP contribution in [0.5, 0.6) is 0 Å². The smallest absolute Gasteiger partial charge is 0.340 e. The number of halogens is 1. The predicted molar refractivity (Wildman–Crippen MR) is 132 cm³/mol. The highest BCUT2D eigenvalue weighted by Crippen LogP contribution is 2.36. The van der Waals surface area contributed by atoms with E-state index in [2.05, 4.69) is 9.97 Å². The highest BCUT2D eigenvalue weighted by Gasteiger charge is 2.42. The number of sulfonamides is 1. The van der Waals surface area contributed by atoms with E-state index in [0.29, 0.717) is 22.7 Å². The number of ether oxygens (including phenoxy) is 1. The number of pyridine rings is 1. The molecule has 0 aliphatic heterocycles. The number of hydrogen-bond acceptors (Lipinski definition) is 6. The van der Waals surface area contributed by atoms with Crippen LogP contribution < -0.4 is 5.56 Å². The van der Waals surface area contributed by atoms with E-state index in [1.165, 1.54) is 27.1 Å². The number of H-pyrrole nitrogens is 2. The second kappa shape index (κ2) is 8.99. The number of nitrogens with zero attached hydrogens (tertiary/aromatic N) is 2. The van der Waals surface area contributed by atoms with Gasteiger partial charge in [0.05, 0.1) is 17.1 Å². The van der Waals surface area contributed by atoms with Crippen LogP contribution >= 0.6 is 11.8 Å². The normalized spacial score (nSPS) is 15.0. The van der Waals surface area contributed by atoms with Gasteiger partial charge in [0.25, 0.3) is 5.56 Å². The highest BCUT2D eigenvalue weighted by molar-refractivity contribution is 7.89. The third-order valence-electron chi connectivity index (χ3n) is 6.21. The van der Waals surface area contributed by atoms with E-state index in [-0.39, 0.29) is 35.2 Å². The molecule has 184 valence electrons. The monoisotopic (exact) mass is 508 g/mol. The Hall–Kier alpha value is -2.40. The Morgan fingerprint density at radius 1 is 1.29 bits per heavy atom. The summed E-state index contributed by atoms with van der Waals surface area (Å²) in [5, 5.41) is 0.792. The summed E-state index contributed by atoms with van der Waals surface area (Å²) >= 11 is 6.19. The summed E-state index contributed by atoms with van der Waals surface area (Å²) in [6, 6.07) is 4.47. The molecule has 0 unspecified atom stereocenters. The van der Waals surface area contributed by atoms with E-state index in [4.69, 9.17) is 16.5 Å². The van der Waals surface area contributed by atoms with Crippen LogP contribution in [0.2, 0.25) is 0 Å². The third-order valence-corrected chi connectivity index (χ3v) is 8.56. The minimum Gasteiger partial charge on any atom is -0.462 e. The maximum Gasteiger partial charge on any atom is 0.340 e. The fraction of sp³-hybridized carbons (Fsp3) is 0.478. The number of aromatic amines is 2. The zero-order chi connectivity index (χ0) is 24.8. The molecule has 1 fully saturated rings. The van der Waals surface area contributed by atoms with Gasteiger partial charge in [-0.25, -0.2) is 17.6 Å². The molecule has 2 heterocycles. The van der Waals surface area contributed by atoms with Gasteiger partial charge in [-0.15, -0.1) is 0 Å². The van der Waals surface area contributed by atoms with E-state index in [0.717, 1.165) is 12.8 Å². The number of hydrogen-bond donors (Lipinski definition) is 2. The van der Waals surface area contributed by atoms with Crippen LogP contribution in [0, 0.1) is 0 Å². The molecule has 0 radical (unpaired) electrons. The lowest BCUT2D eigenvalue weighted by Crippen LogP contribution is -2.49. The first-order valence-corrected chi connectivity index (χ1v) is 13.0. The van der Waals surface area contributed by atoms with Gasteiger partial charge in [0, 0.05) is 47.7 Å². The van der Waals surface area contributed by atoms with Gasteiger partial charge in [-0.3, -0.25) is 4.79 Å². The zero-order valence-corrected chi connectivity index (χ0v) is 21.2. The molecule has 4 rings (SSSR count). The Morgan fingerprint density at radius 2 is 2.00 bits per heavy atom. The van der Waals surface area contributed by atoms with Crippen molar-refractivity contribution in [2.24, 2.45) is 0 Å². The van der Waals surface area contributed by atoms with Gasteiger partial charge in [-0.1, -0.05) is 6.92 Å². The molecule has 1 aromatic carbocycles. The van der Waals surface area contributed by atoms with Crippen LogP contribution in [-0.2, 0) is 14.8 Å². The van der Waals surface area contributed by atoms with Gasteiger partial charge < -0.3 is 14.7 Å². The van der Waals surface area contributed by atoms with Crippen LogP contribution in [0.1, 0.15) is 50.4 Å². The number of likely N-dealkylation sites (N-methyl/N-ethyl adjacent to an activating group) is 1. The molecule has 34 heavy (non-hydrogen) atoms. The van der Waals surface area contributed by atoms with Gasteiger partial charge in [0.1, 0.15) is 5.52 Å². The van der Waals surface area contributed by atoms with Crippen molar-refractivity contribution in [2.45, 2.75) is 56.5 Å². The number of rotatable bonds is 9. The van der Waals surface area contributed by atoms with Crippen LogP contribution in [0.25, 0.3) is 21.8 Å². The molecule has 2 aromatic heterocycles. The molecule has 0 atom stereocenters. The number of aromatic nitrogens is 2. The van der Waals surface area contributed by atoms with Crippen molar-refractivity contribution in [1.82, 2.24) is 18.7 Å². The minimum atomic E-state index is -3.88. The summed E-state index contributed by atoms with van der Waals surface area (Å²) in [7, 11) is -2.17. The average Bonchev–Trinajstić information content (AvgIpc) is 3.52. The molecular formula is C23H29ClN4O5S. The number of esters is 1. The van der Waals surface area contributed by atoms with Gasteiger partial charge in [0.15, 0.2) is 0 Å². The summed E-state index contributed by atoms with van der Waals surface area (Å²) in [5.41, 5.74) is -0.185. The SMILES string of the molecule is CCCOC(=O)c1c[nH]c2c(=O)[nH]c3ccc(S(=O)(=O)N(CC(C)(C)N(C)Cl)C4CC4)cc3c12. The Balaban J connectivity index is 1.86. The summed E-state index contributed by atoms with van der Waals surface area (Å²) < 4.78 is 35.8. The van der Waals surface area contributed by atoms with Gasteiger partial charge in [0.2, 0.25) is 10.0 Å². The zero-order valence-electron chi connectivity index (χ0n) is 19.6. The van der Waals surface area contributed by atoms with E-state index >= 15 is 0 Å². The van der Waals surface area contributed by atoms with E-state index in [9.17, 15) is 18.0 Å². The van der Waals surface area contributed by atoms with Gasteiger partial charge >= 0.3 is 5.97 Å². The van der Waals surface area contributed by atoms with E-state index < -0.39 is 27.1 Å². The number of benzene rings is 1. The van der Waals surface area contributed by atoms with Crippen molar-refractivity contribution in [3.8, 4) is 0 Å². The number of carbonyl (C=O) groups is 1. The number of nitrogens with one attached hydrogen (secondary N) is 2. The van der Waals surface area contributed by atoms with Crippen LogP contribution in [-0.4, -0.2) is 64.9 Å². The third kappa shape index (κ3) is 4.47. The highest BCUT2D eigenvalue weighted by atomic mass is 35.5. The molecule has 1 aliphatic rings. The van der Waals surface area contributed by atoms with E-state index in [1.807, 2.05) is 20.8 Å². The molecule has 1 saturated carbocycles. The molecule has 0 bridgehead atoms. The minimum absolute atomic E-state index is 0.0842. The lowest BCUT2D eigenvalue weighted by atomic mass is 10.1. The van der Waals surface area contributed by atoms with Crippen molar-refractivity contribution < 1.29 is 17.9 Å². The summed E-state index contributed by atoms with van der Waals surface area (Å²) in [6.07, 6.45) is 3.66. The Bertz CT molecular complexity index is 1410. The predicted octanol–water partition coefficient (Wildman–Crippen LogP) is 3.59. The second-order valence-electron chi connectivity index (χ2n) is 9.32. The van der Waals surface area contributed by atoms with Crippen molar-refractivity contribution in [2.75, 3.05) is 20.2 Å². The fourth-order valence-electron chi connectivity index (χ4n) is 3.89. The molecule has 2 N–H and O–H groups in total. The molecular weight excluding hydrogens is 480 g/mol. The molecule has 1 aliphatic carbocycles. The second-order valence-corrected chi connectivity index (χ2v) is 11.7. The van der Waals surface area contributed by atoms with Crippen LogP contribution in [0.15, 0.2) is 34.1 Å². The first-order chi connectivity index (χ1) is 16.0. The lowest BCUT2D eigenvalue weighted by Gasteiger charge is -2.35. The molecule has 0 saturated heterocycles. The average molecular weight is 509 g/mol. The van der Waals surface area contributed by atoms with Crippen molar-refractivity contribution in [3.63, 3.8) is 0 Å². The van der Waals surface area contributed by atoms with Gasteiger partial charge in [-0.05, 0) is 63.1 Å².